The van der Waals surface area contributed by atoms with Gasteiger partial charge in [0.05, 0.1) is 6.17 Å². The fourth-order valence-electron chi connectivity index (χ4n) is 4.06. The van der Waals surface area contributed by atoms with Crippen LogP contribution in [0, 0.1) is 11.6 Å². The van der Waals surface area contributed by atoms with E-state index in [1.54, 1.807) is 18.2 Å². The van der Waals surface area contributed by atoms with Crippen LogP contribution in [-0.4, -0.2) is 22.9 Å². The summed E-state index contributed by atoms with van der Waals surface area (Å²) in [6, 6.07) is 21.3. The van der Waals surface area contributed by atoms with Gasteiger partial charge in [-0.05, 0) is 41.8 Å². The SMILES string of the molecule is Fc1cccc(C2N(Cc3ccccc3F)CCCN2Cc2ccccc2Cl)c1. The van der Waals surface area contributed by atoms with E-state index in [0.29, 0.717) is 18.7 Å². The Morgan fingerprint density at radius 2 is 1.45 bits per heavy atom. The summed E-state index contributed by atoms with van der Waals surface area (Å²) in [6.07, 6.45) is 0.792. The second-order valence-corrected chi connectivity index (χ2v) is 7.81. The highest BCUT2D eigenvalue weighted by atomic mass is 35.5. The summed E-state index contributed by atoms with van der Waals surface area (Å²) in [5.74, 6) is -0.481. The molecule has 0 amide bonds. The zero-order valence-electron chi connectivity index (χ0n) is 16.1. The highest BCUT2D eigenvalue weighted by Crippen LogP contribution is 2.33. The van der Waals surface area contributed by atoms with Gasteiger partial charge in [-0.2, -0.15) is 0 Å². The molecule has 0 N–H and O–H groups in total. The van der Waals surface area contributed by atoms with Gasteiger partial charge in [0, 0.05) is 36.8 Å². The third kappa shape index (κ3) is 4.67. The summed E-state index contributed by atoms with van der Waals surface area (Å²) in [6.45, 7) is 2.79. The molecule has 1 aliphatic heterocycles. The number of hydrogen-bond acceptors (Lipinski definition) is 2. The molecule has 1 unspecified atom stereocenters. The van der Waals surface area contributed by atoms with E-state index < -0.39 is 0 Å². The van der Waals surface area contributed by atoms with Crippen molar-refractivity contribution in [2.24, 2.45) is 0 Å². The predicted molar refractivity (Wildman–Crippen MR) is 112 cm³/mol. The maximum absolute atomic E-state index is 14.3. The second-order valence-electron chi connectivity index (χ2n) is 7.41. The fourth-order valence-corrected chi connectivity index (χ4v) is 4.26. The highest BCUT2D eigenvalue weighted by molar-refractivity contribution is 6.31. The second kappa shape index (κ2) is 9.04. The minimum absolute atomic E-state index is 0.157. The molecule has 0 bridgehead atoms. The van der Waals surface area contributed by atoms with Gasteiger partial charge in [0.15, 0.2) is 0 Å². The van der Waals surface area contributed by atoms with Gasteiger partial charge in [0.2, 0.25) is 0 Å². The van der Waals surface area contributed by atoms with Crippen molar-refractivity contribution in [3.05, 3.63) is 106 Å². The molecule has 0 spiro atoms. The van der Waals surface area contributed by atoms with Crippen LogP contribution in [0.25, 0.3) is 0 Å². The lowest BCUT2D eigenvalue weighted by Gasteiger charge is -2.44. The first-order valence-corrected chi connectivity index (χ1v) is 10.2. The van der Waals surface area contributed by atoms with Crippen molar-refractivity contribution in [3.63, 3.8) is 0 Å². The molecule has 3 aromatic carbocycles. The third-order valence-corrected chi connectivity index (χ3v) is 5.76. The van der Waals surface area contributed by atoms with Crippen LogP contribution in [0.2, 0.25) is 5.02 Å². The number of halogens is 3. The van der Waals surface area contributed by atoms with Gasteiger partial charge in [-0.25, -0.2) is 8.78 Å². The lowest BCUT2D eigenvalue weighted by molar-refractivity contribution is -0.00977. The number of hydrogen-bond donors (Lipinski definition) is 0. The molecule has 29 heavy (non-hydrogen) atoms. The first kappa shape index (κ1) is 20.0. The summed E-state index contributed by atoms with van der Waals surface area (Å²) in [5, 5.41) is 0.719. The summed E-state index contributed by atoms with van der Waals surface area (Å²) >= 11 is 6.40. The molecule has 0 aromatic heterocycles. The van der Waals surface area contributed by atoms with E-state index in [2.05, 4.69) is 9.80 Å². The van der Waals surface area contributed by atoms with Crippen molar-refractivity contribution in [3.8, 4) is 0 Å². The lowest BCUT2D eigenvalue weighted by Crippen LogP contribution is -2.47. The van der Waals surface area contributed by atoms with Gasteiger partial charge in [-0.15, -0.1) is 0 Å². The largest absolute Gasteiger partial charge is 0.280 e. The van der Waals surface area contributed by atoms with Crippen LogP contribution >= 0.6 is 11.6 Å². The Morgan fingerprint density at radius 3 is 2.14 bits per heavy atom. The first-order chi connectivity index (χ1) is 14.1. The normalized spacial score (nSPS) is 18.1. The Hall–Kier alpha value is -2.27. The minimum atomic E-state index is -0.267. The van der Waals surface area contributed by atoms with Crippen molar-refractivity contribution in [1.82, 2.24) is 9.80 Å². The van der Waals surface area contributed by atoms with Gasteiger partial charge in [0.1, 0.15) is 11.6 Å². The van der Waals surface area contributed by atoms with Crippen LogP contribution in [-0.2, 0) is 13.1 Å². The average molecular weight is 413 g/mol. The van der Waals surface area contributed by atoms with E-state index in [1.807, 2.05) is 42.5 Å². The summed E-state index contributed by atoms with van der Waals surface area (Å²) < 4.78 is 28.4. The molecular formula is C24H23ClF2N2. The predicted octanol–water partition coefficient (Wildman–Crippen LogP) is 6.02. The Kier molecular flexibility index (Phi) is 6.24. The van der Waals surface area contributed by atoms with Crippen LogP contribution in [0.15, 0.2) is 72.8 Å². The molecule has 0 aliphatic carbocycles. The standard InChI is InChI=1S/C24H23ClF2N2/c25-22-11-3-1-7-19(22)16-28-13-6-14-29(17-20-8-2-4-12-23(20)27)24(28)18-9-5-10-21(26)15-18/h1-5,7-12,15,24H,6,13-14,16-17H2. The van der Waals surface area contributed by atoms with Gasteiger partial charge in [-0.1, -0.05) is 60.1 Å². The molecule has 1 atom stereocenters. The quantitative estimate of drug-likeness (QED) is 0.505. The van der Waals surface area contributed by atoms with Crippen LogP contribution in [0.3, 0.4) is 0 Å². The molecule has 4 rings (SSSR count). The van der Waals surface area contributed by atoms with Gasteiger partial charge < -0.3 is 0 Å². The highest BCUT2D eigenvalue weighted by Gasteiger charge is 2.31. The topological polar surface area (TPSA) is 6.48 Å². The van der Waals surface area contributed by atoms with E-state index >= 15 is 0 Å². The van der Waals surface area contributed by atoms with Crippen molar-refractivity contribution in [2.45, 2.75) is 25.7 Å². The van der Waals surface area contributed by atoms with Crippen LogP contribution in [0.1, 0.15) is 29.3 Å². The molecule has 1 fully saturated rings. The maximum atomic E-state index is 14.3. The molecule has 3 aromatic rings. The van der Waals surface area contributed by atoms with Gasteiger partial charge in [-0.3, -0.25) is 9.80 Å². The van der Waals surface area contributed by atoms with Crippen molar-refractivity contribution < 1.29 is 8.78 Å². The first-order valence-electron chi connectivity index (χ1n) is 9.82. The summed E-state index contributed by atoms with van der Waals surface area (Å²) in [4.78, 5) is 4.51. The molecule has 150 valence electrons. The smallest absolute Gasteiger partial charge is 0.127 e. The third-order valence-electron chi connectivity index (χ3n) is 5.39. The molecule has 1 heterocycles. The molecule has 0 radical (unpaired) electrons. The molecule has 0 saturated carbocycles. The lowest BCUT2D eigenvalue weighted by atomic mass is 10.0. The van der Waals surface area contributed by atoms with Crippen molar-refractivity contribution in [1.29, 1.82) is 0 Å². The van der Waals surface area contributed by atoms with Crippen LogP contribution in [0.5, 0.6) is 0 Å². The molecule has 1 aliphatic rings. The zero-order valence-corrected chi connectivity index (χ0v) is 16.8. The number of nitrogens with zero attached hydrogens (tertiary/aromatic N) is 2. The van der Waals surface area contributed by atoms with E-state index in [-0.39, 0.29) is 17.8 Å². The van der Waals surface area contributed by atoms with Crippen molar-refractivity contribution in [2.75, 3.05) is 13.1 Å². The van der Waals surface area contributed by atoms with E-state index in [9.17, 15) is 8.78 Å². The van der Waals surface area contributed by atoms with E-state index in [1.165, 1.54) is 12.1 Å². The maximum Gasteiger partial charge on any atom is 0.127 e. The van der Waals surface area contributed by atoms with E-state index in [0.717, 1.165) is 35.7 Å². The fraction of sp³-hybridized carbons (Fsp3) is 0.250. The Labute approximate surface area is 175 Å². The minimum Gasteiger partial charge on any atom is -0.280 e. The molecule has 2 nitrogen and oxygen atoms in total. The number of benzene rings is 3. The van der Waals surface area contributed by atoms with Crippen LogP contribution in [0.4, 0.5) is 8.78 Å². The molecule has 5 heteroatoms. The van der Waals surface area contributed by atoms with E-state index in [4.69, 9.17) is 11.6 Å². The van der Waals surface area contributed by atoms with Gasteiger partial charge >= 0.3 is 0 Å². The van der Waals surface area contributed by atoms with Gasteiger partial charge in [0.25, 0.3) is 0 Å². The molecule has 1 saturated heterocycles. The van der Waals surface area contributed by atoms with Crippen molar-refractivity contribution >= 4 is 11.6 Å². The number of rotatable bonds is 5. The Balaban J connectivity index is 1.68. The summed E-state index contributed by atoms with van der Waals surface area (Å²) in [7, 11) is 0. The summed E-state index contributed by atoms with van der Waals surface area (Å²) in [5.41, 5.74) is 2.55. The Morgan fingerprint density at radius 1 is 0.793 bits per heavy atom. The zero-order chi connectivity index (χ0) is 20.2. The monoisotopic (exact) mass is 412 g/mol. The average Bonchev–Trinajstić information content (AvgIpc) is 2.72. The Bertz CT molecular complexity index is 923. The van der Waals surface area contributed by atoms with Crippen LogP contribution < -0.4 is 0 Å². The molecular weight excluding hydrogens is 390 g/mol.